The molecule has 0 aliphatic carbocycles. The van der Waals surface area contributed by atoms with E-state index in [9.17, 15) is 4.79 Å². The summed E-state index contributed by atoms with van der Waals surface area (Å²) in [5.41, 5.74) is 8.84. The van der Waals surface area contributed by atoms with Gasteiger partial charge in [0.15, 0.2) is 0 Å². The number of hydrogen-bond donors (Lipinski definition) is 2. The molecular formula is C11H14N2O2. The predicted octanol–water partition coefficient (Wildman–Crippen LogP) is 1.35. The van der Waals surface area contributed by atoms with Gasteiger partial charge in [-0.15, -0.1) is 0 Å². The number of benzene rings is 1. The Hall–Kier alpha value is -1.71. The Labute approximate surface area is 88.3 Å². The molecule has 4 nitrogen and oxygen atoms in total. The van der Waals surface area contributed by atoms with Crippen molar-refractivity contribution < 1.29 is 9.90 Å². The van der Waals surface area contributed by atoms with Crippen molar-refractivity contribution in [3.63, 3.8) is 0 Å². The van der Waals surface area contributed by atoms with Gasteiger partial charge in [0.2, 0.25) is 0 Å². The molecule has 0 aromatic heterocycles. The fraction of sp³-hybridized carbons (Fsp3) is 0.364. The molecule has 0 saturated heterocycles. The molecule has 0 atom stereocenters. The van der Waals surface area contributed by atoms with Gasteiger partial charge < -0.3 is 15.7 Å². The molecule has 0 radical (unpaired) electrons. The van der Waals surface area contributed by atoms with Crippen LogP contribution in [0.3, 0.4) is 0 Å². The lowest BCUT2D eigenvalue weighted by Crippen LogP contribution is -2.31. The average molecular weight is 206 g/mol. The summed E-state index contributed by atoms with van der Waals surface area (Å²) in [6.45, 7) is 1.14. The van der Waals surface area contributed by atoms with Crippen molar-refractivity contribution in [3.05, 3.63) is 29.3 Å². The zero-order chi connectivity index (χ0) is 10.8. The Morgan fingerprint density at radius 1 is 1.27 bits per heavy atom. The van der Waals surface area contributed by atoms with Crippen LogP contribution in [0.4, 0.5) is 10.5 Å². The van der Waals surface area contributed by atoms with E-state index in [1.165, 1.54) is 16.0 Å². The van der Waals surface area contributed by atoms with Crippen molar-refractivity contribution in [2.75, 3.05) is 18.8 Å². The normalized spacial score (nSPS) is 15.6. The van der Waals surface area contributed by atoms with Gasteiger partial charge >= 0.3 is 6.09 Å². The number of nitrogens with zero attached hydrogens (tertiary/aromatic N) is 1. The minimum atomic E-state index is -0.837. The lowest BCUT2D eigenvalue weighted by molar-refractivity contribution is 0.147. The van der Waals surface area contributed by atoms with Gasteiger partial charge in [-0.1, -0.05) is 6.07 Å². The Morgan fingerprint density at radius 2 is 1.93 bits per heavy atom. The second-order valence-corrected chi connectivity index (χ2v) is 3.80. The highest BCUT2D eigenvalue weighted by atomic mass is 16.4. The van der Waals surface area contributed by atoms with E-state index in [0.717, 1.165) is 18.5 Å². The van der Waals surface area contributed by atoms with E-state index in [2.05, 4.69) is 0 Å². The van der Waals surface area contributed by atoms with Gasteiger partial charge in [-0.25, -0.2) is 4.79 Å². The first kappa shape index (κ1) is 9.83. The van der Waals surface area contributed by atoms with Gasteiger partial charge in [0, 0.05) is 18.8 Å². The van der Waals surface area contributed by atoms with Crippen molar-refractivity contribution >= 4 is 11.8 Å². The third-order valence-electron chi connectivity index (χ3n) is 2.80. The summed E-state index contributed by atoms with van der Waals surface area (Å²) in [6.07, 6.45) is 0.699. The zero-order valence-electron chi connectivity index (χ0n) is 8.44. The molecule has 2 rings (SSSR count). The number of nitrogen functional groups attached to an aromatic ring is 1. The van der Waals surface area contributed by atoms with Gasteiger partial charge in [-0.3, -0.25) is 0 Å². The Kier molecular flexibility index (Phi) is 2.49. The summed E-state index contributed by atoms with van der Waals surface area (Å²) in [5.74, 6) is 0. The molecule has 1 aromatic carbocycles. The van der Waals surface area contributed by atoms with Crippen molar-refractivity contribution in [1.82, 2.24) is 4.90 Å². The van der Waals surface area contributed by atoms with Crippen LogP contribution in [-0.2, 0) is 12.8 Å². The van der Waals surface area contributed by atoms with Crippen molar-refractivity contribution in [1.29, 1.82) is 0 Å². The number of rotatable bonds is 0. The molecule has 0 bridgehead atoms. The number of hydrogen-bond acceptors (Lipinski definition) is 2. The molecule has 1 heterocycles. The topological polar surface area (TPSA) is 66.6 Å². The molecule has 0 unspecified atom stereocenters. The Bertz CT molecular complexity index is 390. The Morgan fingerprint density at radius 3 is 2.60 bits per heavy atom. The van der Waals surface area contributed by atoms with Crippen LogP contribution < -0.4 is 5.73 Å². The number of carbonyl (C=O) groups is 1. The van der Waals surface area contributed by atoms with Crippen molar-refractivity contribution in [2.45, 2.75) is 12.8 Å². The minimum Gasteiger partial charge on any atom is -0.465 e. The molecule has 15 heavy (non-hydrogen) atoms. The standard InChI is InChI=1S/C11H14N2O2/c12-10-2-1-8-3-5-13(11(14)15)6-4-9(8)7-10/h1-2,7H,3-6,12H2,(H,14,15). The number of carboxylic acid groups (broad SMARTS) is 1. The third kappa shape index (κ3) is 2.03. The highest BCUT2D eigenvalue weighted by Gasteiger charge is 2.17. The summed E-state index contributed by atoms with van der Waals surface area (Å²) in [7, 11) is 0. The fourth-order valence-corrected chi connectivity index (χ4v) is 1.94. The van der Waals surface area contributed by atoms with E-state index in [-0.39, 0.29) is 0 Å². The summed E-state index contributed by atoms with van der Waals surface area (Å²) in [4.78, 5) is 12.3. The minimum absolute atomic E-state index is 0.561. The SMILES string of the molecule is Nc1ccc2c(c1)CCN(C(=O)O)CC2. The smallest absolute Gasteiger partial charge is 0.407 e. The molecule has 0 saturated carbocycles. The molecule has 1 aliphatic rings. The summed E-state index contributed by atoms with van der Waals surface area (Å²) in [5, 5.41) is 8.90. The van der Waals surface area contributed by atoms with Gasteiger partial charge in [-0.2, -0.15) is 0 Å². The number of fused-ring (bicyclic) bond motifs is 1. The molecule has 4 heteroatoms. The predicted molar refractivity (Wildman–Crippen MR) is 57.9 cm³/mol. The fourth-order valence-electron chi connectivity index (χ4n) is 1.94. The first-order valence-corrected chi connectivity index (χ1v) is 5.02. The van der Waals surface area contributed by atoms with E-state index >= 15 is 0 Å². The monoisotopic (exact) mass is 206 g/mol. The second-order valence-electron chi connectivity index (χ2n) is 3.80. The maximum Gasteiger partial charge on any atom is 0.407 e. The van der Waals surface area contributed by atoms with Crippen molar-refractivity contribution in [3.8, 4) is 0 Å². The molecule has 0 fully saturated rings. The maximum absolute atomic E-state index is 10.8. The molecule has 1 aromatic rings. The molecule has 0 spiro atoms. The van der Waals surface area contributed by atoms with Gasteiger partial charge in [0.25, 0.3) is 0 Å². The largest absolute Gasteiger partial charge is 0.465 e. The summed E-state index contributed by atoms with van der Waals surface area (Å²) in [6, 6.07) is 5.81. The Balaban J connectivity index is 2.21. The van der Waals surface area contributed by atoms with E-state index < -0.39 is 6.09 Å². The van der Waals surface area contributed by atoms with Crippen LogP contribution >= 0.6 is 0 Å². The van der Waals surface area contributed by atoms with E-state index in [1.54, 1.807) is 0 Å². The van der Waals surface area contributed by atoms with Crippen LogP contribution in [0.25, 0.3) is 0 Å². The lowest BCUT2D eigenvalue weighted by Gasteiger charge is -2.14. The summed E-state index contributed by atoms with van der Waals surface area (Å²) >= 11 is 0. The highest BCUT2D eigenvalue weighted by Crippen LogP contribution is 2.18. The maximum atomic E-state index is 10.8. The van der Waals surface area contributed by atoms with Crippen LogP contribution in [-0.4, -0.2) is 29.2 Å². The first-order chi connectivity index (χ1) is 7.16. The quantitative estimate of drug-likeness (QED) is 0.629. The van der Waals surface area contributed by atoms with Crippen LogP contribution in [0.5, 0.6) is 0 Å². The third-order valence-corrected chi connectivity index (χ3v) is 2.80. The molecular weight excluding hydrogens is 192 g/mol. The van der Waals surface area contributed by atoms with Gasteiger partial charge in [-0.05, 0) is 36.1 Å². The van der Waals surface area contributed by atoms with Crippen LogP contribution in [0.1, 0.15) is 11.1 Å². The van der Waals surface area contributed by atoms with Crippen LogP contribution in [0.2, 0.25) is 0 Å². The number of anilines is 1. The van der Waals surface area contributed by atoms with Gasteiger partial charge in [0.05, 0.1) is 0 Å². The lowest BCUT2D eigenvalue weighted by atomic mass is 10.0. The van der Waals surface area contributed by atoms with E-state index in [4.69, 9.17) is 10.8 Å². The number of nitrogens with two attached hydrogens (primary N) is 1. The molecule has 3 N–H and O–H groups in total. The first-order valence-electron chi connectivity index (χ1n) is 5.02. The molecule has 1 amide bonds. The average Bonchev–Trinajstić information content (AvgIpc) is 2.39. The zero-order valence-corrected chi connectivity index (χ0v) is 8.44. The highest BCUT2D eigenvalue weighted by molar-refractivity contribution is 5.65. The second kappa shape index (κ2) is 3.81. The molecule has 80 valence electrons. The van der Waals surface area contributed by atoms with Gasteiger partial charge in [0.1, 0.15) is 0 Å². The van der Waals surface area contributed by atoms with E-state index in [0.29, 0.717) is 13.1 Å². The van der Waals surface area contributed by atoms with E-state index in [1.807, 2.05) is 18.2 Å². The van der Waals surface area contributed by atoms with Crippen LogP contribution in [0, 0.1) is 0 Å². The molecule has 1 aliphatic heterocycles. The number of amides is 1. The van der Waals surface area contributed by atoms with Crippen molar-refractivity contribution in [2.24, 2.45) is 0 Å². The summed E-state index contributed by atoms with van der Waals surface area (Å²) < 4.78 is 0. The van der Waals surface area contributed by atoms with Crippen LogP contribution in [0.15, 0.2) is 18.2 Å².